The Kier molecular flexibility index (Phi) is 4.08. The van der Waals surface area contributed by atoms with Crippen LogP contribution >= 0.6 is 0 Å². The van der Waals surface area contributed by atoms with E-state index in [2.05, 4.69) is 0 Å². The van der Waals surface area contributed by atoms with Gasteiger partial charge in [-0.2, -0.15) is 0 Å². The van der Waals surface area contributed by atoms with E-state index in [-0.39, 0.29) is 12.6 Å². The van der Waals surface area contributed by atoms with Crippen molar-refractivity contribution in [3.05, 3.63) is 64.2 Å². The summed E-state index contributed by atoms with van der Waals surface area (Å²) in [6.07, 6.45) is 0. The summed E-state index contributed by atoms with van der Waals surface area (Å²) in [7, 11) is 0. The molecule has 104 valence electrons. The number of benzene rings is 2. The Morgan fingerprint density at radius 2 is 1.80 bits per heavy atom. The molecule has 2 aromatic rings. The van der Waals surface area contributed by atoms with Crippen LogP contribution in [-0.2, 0) is 11.3 Å². The molecular weight excluding hydrogens is 250 g/mol. The van der Waals surface area contributed by atoms with Gasteiger partial charge in [-0.1, -0.05) is 23.8 Å². The van der Waals surface area contributed by atoms with Gasteiger partial charge in [-0.3, -0.25) is 0 Å². The molecule has 0 saturated carbocycles. The lowest BCUT2D eigenvalue weighted by molar-refractivity contribution is 0.0471. The summed E-state index contributed by atoms with van der Waals surface area (Å²) in [6, 6.07) is 11.3. The van der Waals surface area contributed by atoms with Gasteiger partial charge in [0.1, 0.15) is 6.61 Å². The minimum absolute atomic E-state index is 0.288. The van der Waals surface area contributed by atoms with Crippen molar-refractivity contribution >= 4 is 11.7 Å². The van der Waals surface area contributed by atoms with Crippen LogP contribution in [0.1, 0.15) is 32.6 Å². The number of hydrogen-bond acceptors (Lipinski definition) is 3. The fourth-order valence-electron chi connectivity index (χ4n) is 2.09. The van der Waals surface area contributed by atoms with Gasteiger partial charge in [-0.05, 0) is 55.7 Å². The van der Waals surface area contributed by atoms with E-state index in [9.17, 15) is 4.79 Å². The molecule has 0 fully saturated rings. The molecule has 0 atom stereocenters. The van der Waals surface area contributed by atoms with E-state index in [4.69, 9.17) is 10.5 Å². The summed E-state index contributed by atoms with van der Waals surface area (Å²) < 4.78 is 5.39. The van der Waals surface area contributed by atoms with E-state index >= 15 is 0 Å². The third-order valence-electron chi connectivity index (χ3n) is 3.33. The van der Waals surface area contributed by atoms with Crippen molar-refractivity contribution in [3.63, 3.8) is 0 Å². The normalized spacial score (nSPS) is 10.3. The highest BCUT2D eigenvalue weighted by Crippen LogP contribution is 2.16. The molecule has 0 saturated heterocycles. The Morgan fingerprint density at radius 3 is 2.50 bits per heavy atom. The van der Waals surface area contributed by atoms with Crippen molar-refractivity contribution in [1.29, 1.82) is 0 Å². The predicted molar refractivity (Wildman–Crippen MR) is 80.6 cm³/mol. The highest BCUT2D eigenvalue weighted by molar-refractivity contribution is 5.91. The third-order valence-corrected chi connectivity index (χ3v) is 3.33. The third kappa shape index (κ3) is 3.18. The number of rotatable bonds is 3. The number of hydrogen-bond donors (Lipinski definition) is 1. The van der Waals surface area contributed by atoms with Crippen LogP contribution in [0.4, 0.5) is 5.69 Å². The van der Waals surface area contributed by atoms with Gasteiger partial charge in [-0.15, -0.1) is 0 Å². The molecule has 0 heterocycles. The minimum Gasteiger partial charge on any atom is -0.457 e. The van der Waals surface area contributed by atoms with E-state index in [1.54, 1.807) is 18.2 Å². The van der Waals surface area contributed by atoms with Crippen LogP contribution in [-0.4, -0.2) is 5.97 Å². The number of nitrogens with two attached hydrogens (primary N) is 1. The Morgan fingerprint density at radius 1 is 1.05 bits per heavy atom. The topological polar surface area (TPSA) is 52.3 Å². The van der Waals surface area contributed by atoms with Crippen LogP contribution in [0.5, 0.6) is 0 Å². The van der Waals surface area contributed by atoms with Crippen LogP contribution in [0.25, 0.3) is 0 Å². The molecule has 0 aromatic heterocycles. The number of esters is 1. The van der Waals surface area contributed by atoms with Crippen LogP contribution in [0, 0.1) is 20.8 Å². The van der Waals surface area contributed by atoms with Gasteiger partial charge < -0.3 is 10.5 Å². The predicted octanol–water partition coefficient (Wildman–Crippen LogP) is 3.55. The van der Waals surface area contributed by atoms with Gasteiger partial charge in [0.25, 0.3) is 0 Å². The summed E-state index contributed by atoms with van der Waals surface area (Å²) in [4.78, 5) is 12.1. The first-order chi connectivity index (χ1) is 9.47. The van der Waals surface area contributed by atoms with Gasteiger partial charge in [-0.25, -0.2) is 4.79 Å². The molecule has 0 unspecified atom stereocenters. The maximum absolute atomic E-state index is 12.1. The van der Waals surface area contributed by atoms with Gasteiger partial charge in [0, 0.05) is 5.69 Å². The maximum atomic E-state index is 12.1. The smallest absolute Gasteiger partial charge is 0.338 e. The SMILES string of the molecule is Cc1ccc(C)c(COC(=O)c2ccc(N)cc2C)c1. The van der Waals surface area contributed by atoms with Gasteiger partial charge in [0.2, 0.25) is 0 Å². The number of ether oxygens (including phenoxy) is 1. The van der Waals surface area contributed by atoms with Gasteiger partial charge in [0.05, 0.1) is 5.56 Å². The number of nitrogen functional groups attached to an aromatic ring is 1. The molecule has 3 nitrogen and oxygen atoms in total. The lowest BCUT2D eigenvalue weighted by Crippen LogP contribution is -2.08. The second kappa shape index (κ2) is 5.78. The summed E-state index contributed by atoms with van der Waals surface area (Å²) in [5, 5.41) is 0. The number of carbonyl (C=O) groups is 1. The zero-order valence-electron chi connectivity index (χ0n) is 12.1. The molecule has 2 aromatic carbocycles. The van der Waals surface area contributed by atoms with Crippen LogP contribution < -0.4 is 5.73 Å². The Labute approximate surface area is 119 Å². The van der Waals surface area contributed by atoms with Crippen molar-refractivity contribution in [1.82, 2.24) is 0 Å². The molecule has 3 heteroatoms. The van der Waals surface area contributed by atoms with Crippen molar-refractivity contribution in [3.8, 4) is 0 Å². The second-order valence-corrected chi connectivity index (χ2v) is 5.08. The van der Waals surface area contributed by atoms with E-state index in [0.29, 0.717) is 11.3 Å². The largest absolute Gasteiger partial charge is 0.457 e. The van der Waals surface area contributed by atoms with E-state index < -0.39 is 0 Å². The molecule has 20 heavy (non-hydrogen) atoms. The molecule has 0 radical (unpaired) electrons. The number of anilines is 1. The zero-order valence-corrected chi connectivity index (χ0v) is 12.1. The highest BCUT2D eigenvalue weighted by Gasteiger charge is 2.11. The first kappa shape index (κ1) is 14.1. The molecule has 0 aliphatic carbocycles. The van der Waals surface area contributed by atoms with Crippen molar-refractivity contribution in [2.45, 2.75) is 27.4 Å². The monoisotopic (exact) mass is 269 g/mol. The van der Waals surface area contributed by atoms with E-state index in [0.717, 1.165) is 22.3 Å². The summed E-state index contributed by atoms with van der Waals surface area (Å²) in [5.74, 6) is -0.316. The first-order valence-electron chi connectivity index (χ1n) is 6.57. The maximum Gasteiger partial charge on any atom is 0.338 e. The number of aryl methyl sites for hydroxylation is 3. The number of carbonyl (C=O) groups excluding carboxylic acids is 1. The van der Waals surface area contributed by atoms with Crippen LogP contribution in [0.3, 0.4) is 0 Å². The molecule has 0 spiro atoms. The van der Waals surface area contributed by atoms with Crippen molar-refractivity contribution in [2.75, 3.05) is 5.73 Å². The standard InChI is InChI=1S/C17H19NO2/c1-11-4-5-12(2)14(8-11)10-20-17(19)16-7-6-15(18)9-13(16)3/h4-9H,10,18H2,1-3H3. The van der Waals surface area contributed by atoms with Gasteiger partial charge >= 0.3 is 5.97 Å². The average molecular weight is 269 g/mol. The molecular formula is C17H19NO2. The molecule has 0 aliphatic rings. The average Bonchev–Trinajstić information content (AvgIpc) is 2.39. The molecule has 0 bridgehead atoms. The fourth-order valence-corrected chi connectivity index (χ4v) is 2.09. The lowest BCUT2D eigenvalue weighted by atomic mass is 10.1. The highest BCUT2D eigenvalue weighted by atomic mass is 16.5. The first-order valence-corrected chi connectivity index (χ1v) is 6.57. The summed E-state index contributed by atoms with van der Waals surface area (Å²) in [6.45, 7) is 6.17. The van der Waals surface area contributed by atoms with E-state index in [1.165, 1.54) is 0 Å². The summed E-state index contributed by atoms with van der Waals surface area (Å²) in [5.41, 5.74) is 11.0. The van der Waals surface area contributed by atoms with Crippen molar-refractivity contribution < 1.29 is 9.53 Å². The molecule has 2 rings (SSSR count). The molecule has 2 N–H and O–H groups in total. The Bertz CT molecular complexity index is 647. The fraction of sp³-hybridized carbons (Fsp3) is 0.235. The van der Waals surface area contributed by atoms with Crippen LogP contribution in [0.15, 0.2) is 36.4 Å². The molecule has 0 aliphatic heterocycles. The zero-order chi connectivity index (χ0) is 14.7. The van der Waals surface area contributed by atoms with Gasteiger partial charge in [0.15, 0.2) is 0 Å². The summed E-state index contributed by atoms with van der Waals surface area (Å²) >= 11 is 0. The van der Waals surface area contributed by atoms with Crippen molar-refractivity contribution in [2.24, 2.45) is 0 Å². The minimum atomic E-state index is -0.316. The molecule has 0 amide bonds. The second-order valence-electron chi connectivity index (χ2n) is 5.08. The Hall–Kier alpha value is -2.29. The Balaban J connectivity index is 2.10. The lowest BCUT2D eigenvalue weighted by Gasteiger charge is -2.10. The quantitative estimate of drug-likeness (QED) is 0.684. The van der Waals surface area contributed by atoms with E-state index in [1.807, 2.05) is 39.0 Å². The van der Waals surface area contributed by atoms with Crippen LogP contribution in [0.2, 0.25) is 0 Å².